The summed E-state index contributed by atoms with van der Waals surface area (Å²) >= 11 is 0. The second kappa shape index (κ2) is 8.78. The number of nitrogens with zero attached hydrogens (tertiary/aromatic N) is 2. The third-order valence-corrected chi connectivity index (χ3v) is 6.05. The molecule has 2 amide bonds. The van der Waals surface area contributed by atoms with Gasteiger partial charge in [0.1, 0.15) is 0 Å². The highest BCUT2D eigenvalue weighted by Crippen LogP contribution is 2.33. The topological polar surface area (TPSA) is 57.3 Å². The summed E-state index contributed by atoms with van der Waals surface area (Å²) in [4.78, 5) is 18.9. The minimum Gasteiger partial charge on any atom is -0.334 e. The van der Waals surface area contributed by atoms with E-state index in [0.717, 1.165) is 22.5 Å². The van der Waals surface area contributed by atoms with Gasteiger partial charge in [-0.25, -0.2) is 4.79 Å². The Hall–Kier alpha value is -3.13. The number of carbonyl (C=O) groups excluding carboxylic acids is 1. The molecule has 2 heterocycles. The van der Waals surface area contributed by atoms with Gasteiger partial charge in [0.2, 0.25) is 0 Å². The summed E-state index contributed by atoms with van der Waals surface area (Å²) in [6.07, 6.45) is -1.95. The van der Waals surface area contributed by atoms with Crippen molar-refractivity contribution in [1.29, 1.82) is 0 Å². The number of benzene rings is 2. The normalized spacial score (nSPS) is 19.3. The van der Waals surface area contributed by atoms with Crippen molar-refractivity contribution in [3.63, 3.8) is 0 Å². The molecule has 1 unspecified atom stereocenters. The van der Waals surface area contributed by atoms with Crippen LogP contribution in [0.3, 0.4) is 0 Å². The number of fused-ring (bicyclic) bond motifs is 1. The van der Waals surface area contributed by atoms with Gasteiger partial charge in [0.05, 0.1) is 11.3 Å². The summed E-state index contributed by atoms with van der Waals surface area (Å²) < 4.78 is 40.0. The maximum Gasteiger partial charge on any atom is 0.416 e. The van der Waals surface area contributed by atoms with E-state index in [1.54, 1.807) is 12.3 Å². The first-order valence-electron chi connectivity index (χ1n) is 10.5. The second-order valence-corrected chi connectivity index (χ2v) is 8.21. The molecule has 4 rings (SSSR count). The van der Waals surface area contributed by atoms with Crippen LogP contribution in [0.1, 0.15) is 30.2 Å². The SMILES string of the molecule is Cc1cc2c(NC(=O)N[C@@H]3CCN(Cc4ccccc4C(F)(F)F)C3C)cccc2cn1. The number of aromatic nitrogens is 1. The summed E-state index contributed by atoms with van der Waals surface area (Å²) in [7, 11) is 0. The number of amides is 2. The fourth-order valence-electron chi connectivity index (χ4n) is 4.28. The second-order valence-electron chi connectivity index (χ2n) is 8.21. The molecule has 1 aromatic heterocycles. The smallest absolute Gasteiger partial charge is 0.334 e. The fraction of sp³-hybridized carbons (Fsp3) is 0.333. The molecule has 0 bridgehead atoms. The zero-order valence-electron chi connectivity index (χ0n) is 17.9. The van der Waals surface area contributed by atoms with Crippen LogP contribution in [-0.2, 0) is 12.7 Å². The fourth-order valence-corrected chi connectivity index (χ4v) is 4.28. The summed E-state index contributed by atoms with van der Waals surface area (Å²) in [5.41, 5.74) is 1.18. The lowest BCUT2D eigenvalue weighted by atomic mass is 10.1. The van der Waals surface area contributed by atoms with Crippen molar-refractivity contribution in [2.24, 2.45) is 0 Å². The summed E-state index contributed by atoms with van der Waals surface area (Å²) in [5, 5.41) is 7.73. The lowest BCUT2D eigenvalue weighted by Crippen LogP contribution is -2.44. The number of nitrogens with one attached hydrogen (secondary N) is 2. The molecule has 1 saturated heterocycles. The Morgan fingerprint density at radius 3 is 2.75 bits per heavy atom. The number of urea groups is 1. The number of likely N-dealkylation sites (tertiary alicyclic amines) is 1. The van der Waals surface area contributed by atoms with Crippen molar-refractivity contribution in [3.8, 4) is 0 Å². The van der Waals surface area contributed by atoms with Crippen LogP contribution in [0, 0.1) is 6.92 Å². The third kappa shape index (κ3) is 4.70. The molecule has 2 N–H and O–H groups in total. The van der Waals surface area contributed by atoms with Crippen LogP contribution in [0.4, 0.5) is 23.7 Å². The molecule has 32 heavy (non-hydrogen) atoms. The summed E-state index contributed by atoms with van der Waals surface area (Å²) in [6.45, 7) is 4.62. The zero-order valence-corrected chi connectivity index (χ0v) is 17.9. The third-order valence-electron chi connectivity index (χ3n) is 6.05. The lowest BCUT2D eigenvalue weighted by Gasteiger charge is -2.26. The lowest BCUT2D eigenvalue weighted by molar-refractivity contribution is -0.138. The number of aryl methyl sites for hydroxylation is 1. The quantitative estimate of drug-likeness (QED) is 0.573. The molecular formula is C24H25F3N4O. The Labute approximate surface area is 184 Å². The molecule has 1 aliphatic rings. The van der Waals surface area contributed by atoms with Crippen LogP contribution >= 0.6 is 0 Å². The Morgan fingerprint density at radius 2 is 1.97 bits per heavy atom. The van der Waals surface area contributed by atoms with Crippen molar-refractivity contribution < 1.29 is 18.0 Å². The number of rotatable bonds is 4. The van der Waals surface area contributed by atoms with E-state index < -0.39 is 11.7 Å². The van der Waals surface area contributed by atoms with E-state index in [1.165, 1.54) is 12.1 Å². The Kier molecular flexibility index (Phi) is 6.06. The summed E-state index contributed by atoms with van der Waals surface area (Å²) in [5.74, 6) is 0. The van der Waals surface area contributed by atoms with Crippen LogP contribution in [0.25, 0.3) is 10.8 Å². The molecule has 0 aliphatic carbocycles. The van der Waals surface area contributed by atoms with Crippen LogP contribution in [0.5, 0.6) is 0 Å². The van der Waals surface area contributed by atoms with Crippen molar-refractivity contribution in [3.05, 3.63) is 71.5 Å². The molecule has 2 atom stereocenters. The van der Waals surface area contributed by atoms with Crippen LogP contribution < -0.4 is 10.6 Å². The number of carbonyl (C=O) groups is 1. The molecule has 8 heteroatoms. The van der Waals surface area contributed by atoms with E-state index in [9.17, 15) is 18.0 Å². The van der Waals surface area contributed by atoms with E-state index in [0.29, 0.717) is 18.7 Å². The monoisotopic (exact) mass is 442 g/mol. The number of hydrogen-bond acceptors (Lipinski definition) is 3. The van der Waals surface area contributed by atoms with Crippen LogP contribution in [0.2, 0.25) is 0 Å². The van der Waals surface area contributed by atoms with Gasteiger partial charge in [-0.15, -0.1) is 0 Å². The van der Waals surface area contributed by atoms with Crippen molar-refractivity contribution in [1.82, 2.24) is 15.2 Å². The maximum absolute atomic E-state index is 13.3. The molecule has 168 valence electrons. The van der Waals surface area contributed by atoms with E-state index in [2.05, 4.69) is 15.6 Å². The Bertz CT molecular complexity index is 1130. The van der Waals surface area contributed by atoms with Crippen LogP contribution in [-0.4, -0.2) is 34.5 Å². The molecule has 3 aromatic rings. The largest absolute Gasteiger partial charge is 0.416 e. The van der Waals surface area contributed by atoms with Crippen molar-refractivity contribution in [2.75, 3.05) is 11.9 Å². The highest BCUT2D eigenvalue weighted by Gasteiger charge is 2.36. The first-order valence-corrected chi connectivity index (χ1v) is 10.5. The number of pyridine rings is 1. The van der Waals surface area contributed by atoms with Gasteiger partial charge in [-0.2, -0.15) is 13.2 Å². The average molecular weight is 442 g/mol. The molecule has 1 fully saturated rings. The number of hydrogen-bond donors (Lipinski definition) is 2. The number of alkyl halides is 3. The van der Waals surface area contributed by atoms with Gasteiger partial charge in [0, 0.05) is 47.8 Å². The molecule has 0 saturated carbocycles. The van der Waals surface area contributed by atoms with Gasteiger partial charge < -0.3 is 10.6 Å². The summed E-state index contributed by atoms with van der Waals surface area (Å²) in [6, 6.07) is 12.6. The van der Waals surface area contributed by atoms with E-state index in [1.807, 2.05) is 43.0 Å². The van der Waals surface area contributed by atoms with Gasteiger partial charge >= 0.3 is 12.2 Å². The first kappa shape index (κ1) is 22.1. The minimum atomic E-state index is -4.39. The molecular weight excluding hydrogens is 417 g/mol. The standard InChI is InChI=1S/C24H25F3N4O/c1-15-12-19-17(13-28-15)7-5-9-22(19)30-23(32)29-21-10-11-31(16(21)2)14-18-6-3-4-8-20(18)24(25,26)27/h3-9,12-13,16,21H,10-11,14H2,1-2H3,(H2,29,30,32)/t16?,21-/m1/s1. The van der Waals surface area contributed by atoms with E-state index in [4.69, 9.17) is 0 Å². The van der Waals surface area contributed by atoms with Gasteiger partial charge in [-0.1, -0.05) is 30.3 Å². The van der Waals surface area contributed by atoms with E-state index >= 15 is 0 Å². The average Bonchev–Trinajstić information content (AvgIpc) is 3.07. The van der Waals surface area contributed by atoms with Gasteiger partial charge in [-0.3, -0.25) is 9.88 Å². The van der Waals surface area contributed by atoms with Crippen molar-refractivity contribution in [2.45, 2.75) is 45.1 Å². The molecule has 2 aromatic carbocycles. The predicted octanol–water partition coefficient (Wildman–Crippen LogP) is 5.35. The zero-order chi connectivity index (χ0) is 22.9. The minimum absolute atomic E-state index is 0.0963. The van der Waals surface area contributed by atoms with Crippen LogP contribution in [0.15, 0.2) is 54.7 Å². The first-order chi connectivity index (χ1) is 15.2. The molecule has 1 aliphatic heterocycles. The van der Waals surface area contributed by atoms with Crippen molar-refractivity contribution >= 4 is 22.5 Å². The van der Waals surface area contributed by atoms with Gasteiger partial charge in [0.25, 0.3) is 0 Å². The number of anilines is 1. The Morgan fingerprint density at radius 1 is 1.19 bits per heavy atom. The van der Waals surface area contributed by atoms with Gasteiger partial charge in [-0.05, 0) is 44.0 Å². The predicted molar refractivity (Wildman–Crippen MR) is 118 cm³/mol. The van der Waals surface area contributed by atoms with E-state index in [-0.39, 0.29) is 30.2 Å². The molecule has 0 radical (unpaired) electrons. The molecule has 5 nitrogen and oxygen atoms in total. The molecule has 0 spiro atoms. The van der Waals surface area contributed by atoms with Gasteiger partial charge in [0.15, 0.2) is 0 Å². The number of halogens is 3. The highest BCUT2D eigenvalue weighted by molar-refractivity contribution is 6.01. The maximum atomic E-state index is 13.3. The Balaban J connectivity index is 1.42. The highest BCUT2D eigenvalue weighted by atomic mass is 19.4.